The molecule has 0 unspecified atom stereocenters. The number of halogens is 1. The van der Waals surface area contributed by atoms with E-state index in [-0.39, 0.29) is 17.6 Å². The van der Waals surface area contributed by atoms with Crippen LogP contribution in [0.15, 0.2) is 60.7 Å². The molecule has 4 nitrogen and oxygen atoms in total. The molecule has 1 amide bonds. The lowest BCUT2D eigenvalue weighted by atomic mass is 9.97. The lowest BCUT2D eigenvalue weighted by Gasteiger charge is -2.16. The van der Waals surface area contributed by atoms with E-state index in [0.717, 1.165) is 33.3 Å². The monoisotopic (exact) mass is 393 g/mol. The maximum absolute atomic E-state index is 12.9. The van der Waals surface area contributed by atoms with Crippen LogP contribution in [0.1, 0.15) is 17.0 Å². The molecule has 5 heteroatoms. The SMILES string of the molecule is COc1cccc(/C=C/C(=O)N2C[C@@H](CCl)c3c2cc2ccccc2c3O)c1. The maximum atomic E-state index is 12.9. The first-order chi connectivity index (χ1) is 13.6. The Hall–Kier alpha value is -2.98. The van der Waals surface area contributed by atoms with E-state index in [1.54, 1.807) is 24.2 Å². The lowest BCUT2D eigenvalue weighted by molar-refractivity contribution is -0.114. The number of hydrogen-bond donors (Lipinski definition) is 1. The van der Waals surface area contributed by atoms with Crippen molar-refractivity contribution in [2.75, 3.05) is 24.4 Å². The number of methoxy groups -OCH3 is 1. The van der Waals surface area contributed by atoms with Crippen LogP contribution in [-0.4, -0.2) is 30.5 Å². The van der Waals surface area contributed by atoms with Crippen molar-refractivity contribution in [3.05, 3.63) is 71.8 Å². The standard InChI is InChI=1S/C23H20ClNO3/c1-28-18-7-4-5-15(11-18)9-10-21(26)25-14-17(13-24)22-20(25)12-16-6-2-3-8-19(16)23(22)27/h2-12,17,27H,13-14H2,1H3/b10-9+/t17-/m1/s1. The van der Waals surface area contributed by atoms with E-state index in [4.69, 9.17) is 16.3 Å². The van der Waals surface area contributed by atoms with Crippen LogP contribution in [-0.2, 0) is 4.79 Å². The van der Waals surface area contributed by atoms with Crippen molar-refractivity contribution >= 4 is 40.0 Å². The fraction of sp³-hybridized carbons (Fsp3) is 0.174. The van der Waals surface area contributed by atoms with Crippen LogP contribution in [0.2, 0.25) is 0 Å². The first-order valence-electron chi connectivity index (χ1n) is 9.06. The summed E-state index contributed by atoms with van der Waals surface area (Å²) >= 11 is 6.15. The Bertz CT molecular complexity index is 1080. The highest BCUT2D eigenvalue weighted by atomic mass is 35.5. The Morgan fingerprint density at radius 2 is 2.07 bits per heavy atom. The van der Waals surface area contributed by atoms with Gasteiger partial charge in [0.2, 0.25) is 0 Å². The summed E-state index contributed by atoms with van der Waals surface area (Å²) in [4.78, 5) is 14.6. The number of fused-ring (bicyclic) bond motifs is 2. The Balaban J connectivity index is 1.70. The second kappa shape index (κ2) is 7.56. The zero-order chi connectivity index (χ0) is 19.7. The fourth-order valence-electron chi connectivity index (χ4n) is 3.70. The number of carbonyl (C=O) groups is 1. The van der Waals surface area contributed by atoms with E-state index < -0.39 is 0 Å². The number of anilines is 1. The van der Waals surface area contributed by atoms with Crippen LogP contribution < -0.4 is 9.64 Å². The number of hydrogen-bond acceptors (Lipinski definition) is 3. The first kappa shape index (κ1) is 18.4. The average molecular weight is 394 g/mol. The topological polar surface area (TPSA) is 49.8 Å². The van der Waals surface area contributed by atoms with Crippen LogP contribution in [0, 0.1) is 0 Å². The van der Waals surface area contributed by atoms with Crippen LogP contribution in [0.5, 0.6) is 11.5 Å². The van der Waals surface area contributed by atoms with Crippen LogP contribution in [0.4, 0.5) is 5.69 Å². The Kier molecular flexibility index (Phi) is 4.97. The molecule has 0 aromatic heterocycles. The summed E-state index contributed by atoms with van der Waals surface area (Å²) in [6.45, 7) is 0.448. The summed E-state index contributed by atoms with van der Waals surface area (Å²) in [7, 11) is 1.61. The predicted octanol–water partition coefficient (Wildman–Crippen LogP) is 4.94. The van der Waals surface area contributed by atoms with E-state index in [1.807, 2.05) is 54.6 Å². The minimum absolute atomic E-state index is 0.101. The molecule has 3 aromatic rings. The van der Waals surface area contributed by atoms with Crippen molar-refractivity contribution < 1.29 is 14.6 Å². The molecule has 0 aliphatic carbocycles. The van der Waals surface area contributed by atoms with Gasteiger partial charge in [-0.3, -0.25) is 4.79 Å². The number of rotatable bonds is 4. The highest BCUT2D eigenvalue weighted by molar-refractivity contribution is 6.19. The van der Waals surface area contributed by atoms with Crippen molar-refractivity contribution in [2.24, 2.45) is 0 Å². The van der Waals surface area contributed by atoms with Gasteiger partial charge in [-0.25, -0.2) is 0 Å². The minimum atomic E-state index is -0.147. The molecule has 142 valence electrons. The molecular weight excluding hydrogens is 374 g/mol. The zero-order valence-electron chi connectivity index (χ0n) is 15.4. The number of benzene rings is 3. The van der Waals surface area contributed by atoms with Crippen molar-refractivity contribution in [3.63, 3.8) is 0 Å². The largest absolute Gasteiger partial charge is 0.507 e. The Morgan fingerprint density at radius 3 is 2.86 bits per heavy atom. The van der Waals surface area contributed by atoms with E-state index in [9.17, 15) is 9.90 Å². The third-order valence-corrected chi connectivity index (χ3v) is 5.48. The highest BCUT2D eigenvalue weighted by Gasteiger charge is 2.34. The van der Waals surface area contributed by atoms with Crippen molar-refractivity contribution in [1.82, 2.24) is 0 Å². The summed E-state index contributed by atoms with van der Waals surface area (Å²) in [6, 6.07) is 17.1. The molecule has 28 heavy (non-hydrogen) atoms. The third kappa shape index (κ3) is 3.20. The van der Waals surface area contributed by atoms with Gasteiger partial charge in [-0.15, -0.1) is 11.6 Å². The molecule has 3 aromatic carbocycles. The number of ether oxygens (including phenoxy) is 1. The molecule has 0 radical (unpaired) electrons. The van der Waals surface area contributed by atoms with Gasteiger partial charge >= 0.3 is 0 Å². The summed E-state index contributed by atoms with van der Waals surface area (Å²) in [5, 5.41) is 12.5. The number of carbonyl (C=O) groups excluding carboxylic acids is 1. The molecule has 0 saturated heterocycles. The van der Waals surface area contributed by atoms with E-state index in [1.165, 1.54) is 0 Å². The average Bonchev–Trinajstić information content (AvgIpc) is 3.11. The van der Waals surface area contributed by atoms with Gasteiger partial charge in [-0.1, -0.05) is 36.4 Å². The van der Waals surface area contributed by atoms with E-state index >= 15 is 0 Å². The van der Waals surface area contributed by atoms with E-state index in [0.29, 0.717) is 12.4 Å². The summed E-state index contributed by atoms with van der Waals surface area (Å²) < 4.78 is 5.22. The number of nitrogens with zero attached hydrogens (tertiary/aromatic N) is 1. The summed E-state index contributed by atoms with van der Waals surface area (Å²) in [5.74, 6) is 1.04. The fourth-order valence-corrected chi connectivity index (χ4v) is 3.95. The smallest absolute Gasteiger partial charge is 0.251 e. The lowest BCUT2D eigenvalue weighted by Crippen LogP contribution is -2.28. The van der Waals surface area contributed by atoms with Gasteiger partial charge in [0, 0.05) is 35.4 Å². The molecular formula is C23H20ClNO3. The molecule has 0 spiro atoms. The highest BCUT2D eigenvalue weighted by Crippen LogP contribution is 2.46. The normalized spacial score (nSPS) is 15.9. The molecule has 1 aliphatic rings. The van der Waals surface area contributed by atoms with Crippen LogP contribution in [0.3, 0.4) is 0 Å². The molecule has 1 aliphatic heterocycles. The second-order valence-electron chi connectivity index (χ2n) is 6.79. The van der Waals surface area contributed by atoms with Gasteiger partial charge in [-0.2, -0.15) is 0 Å². The van der Waals surface area contributed by atoms with Gasteiger partial charge in [0.25, 0.3) is 5.91 Å². The van der Waals surface area contributed by atoms with Crippen molar-refractivity contribution in [3.8, 4) is 11.5 Å². The van der Waals surface area contributed by atoms with Crippen LogP contribution >= 0.6 is 11.6 Å². The Morgan fingerprint density at radius 1 is 1.25 bits per heavy atom. The van der Waals surface area contributed by atoms with Gasteiger partial charge in [0.15, 0.2) is 0 Å². The number of phenolic OH excluding ortho intramolecular Hbond substituents is 1. The molecule has 0 saturated carbocycles. The van der Waals surface area contributed by atoms with Gasteiger partial charge < -0.3 is 14.7 Å². The van der Waals surface area contributed by atoms with Gasteiger partial charge in [0.05, 0.1) is 12.8 Å². The van der Waals surface area contributed by atoms with E-state index in [2.05, 4.69) is 0 Å². The van der Waals surface area contributed by atoms with Gasteiger partial charge in [0.1, 0.15) is 11.5 Å². The second-order valence-corrected chi connectivity index (χ2v) is 7.10. The quantitative estimate of drug-likeness (QED) is 0.504. The summed E-state index contributed by atoms with van der Waals surface area (Å²) in [5.41, 5.74) is 2.35. The Labute approximate surface area is 168 Å². The number of amides is 1. The predicted molar refractivity (Wildman–Crippen MR) is 113 cm³/mol. The molecule has 0 fully saturated rings. The molecule has 1 atom stereocenters. The molecule has 1 heterocycles. The minimum Gasteiger partial charge on any atom is -0.507 e. The third-order valence-electron chi connectivity index (χ3n) is 5.11. The van der Waals surface area contributed by atoms with Crippen LogP contribution in [0.25, 0.3) is 16.8 Å². The molecule has 0 bridgehead atoms. The first-order valence-corrected chi connectivity index (χ1v) is 9.60. The van der Waals surface area contributed by atoms with Crippen molar-refractivity contribution in [2.45, 2.75) is 5.92 Å². The van der Waals surface area contributed by atoms with Crippen molar-refractivity contribution in [1.29, 1.82) is 0 Å². The molecule has 1 N–H and O–H groups in total. The number of phenols is 1. The summed E-state index contributed by atoms with van der Waals surface area (Å²) in [6.07, 6.45) is 3.31. The maximum Gasteiger partial charge on any atom is 0.251 e. The number of aromatic hydroxyl groups is 1. The van der Waals surface area contributed by atoms with Gasteiger partial charge in [-0.05, 0) is 35.2 Å². The molecule has 4 rings (SSSR count). The number of alkyl halides is 1. The zero-order valence-corrected chi connectivity index (χ0v) is 16.2.